The van der Waals surface area contributed by atoms with Crippen LogP contribution < -0.4 is 10.1 Å². The summed E-state index contributed by atoms with van der Waals surface area (Å²) in [5, 5.41) is 3.36. The van der Waals surface area contributed by atoms with Crippen LogP contribution in [0.3, 0.4) is 0 Å². The van der Waals surface area contributed by atoms with E-state index in [1.807, 2.05) is 0 Å². The number of aromatic nitrogens is 2. The molecule has 19 heavy (non-hydrogen) atoms. The summed E-state index contributed by atoms with van der Waals surface area (Å²) in [6.45, 7) is 2.89. The van der Waals surface area contributed by atoms with Crippen LogP contribution in [0.15, 0.2) is 12.4 Å². The fraction of sp³-hybridized carbons (Fsp3) is 0.600. The van der Waals surface area contributed by atoms with Gasteiger partial charge in [0.2, 0.25) is 5.88 Å². The second kappa shape index (κ2) is 6.03. The molecule has 1 aromatic heterocycles. The van der Waals surface area contributed by atoms with Crippen LogP contribution in [0.2, 0.25) is 0 Å². The quantitative estimate of drug-likeness (QED) is 0.836. The summed E-state index contributed by atoms with van der Waals surface area (Å²) in [6, 6.07) is 0. The summed E-state index contributed by atoms with van der Waals surface area (Å²) in [6.07, 6.45) is 8.12. The van der Waals surface area contributed by atoms with Crippen LogP contribution in [0.1, 0.15) is 31.4 Å². The monoisotopic (exact) mass is 257 g/mol. The van der Waals surface area contributed by atoms with Gasteiger partial charge in [0.05, 0.1) is 6.61 Å². The zero-order chi connectivity index (χ0) is 12.9. The number of ether oxygens (including phenoxy) is 1. The molecule has 4 heteroatoms. The van der Waals surface area contributed by atoms with Crippen LogP contribution in [-0.4, -0.2) is 29.7 Å². The first-order valence-corrected chi connectivity index (χ1v) is 7.08. The molecule has 1 aromatic rings. The summed E-state index contributed by atoms with van der Waals surface area (Å²) in [7, 11) is 0. The SMILES string of the molecule is C(#CC1CC1)c1nccnc1OCC1CCNCC1. The summed E-state index contributed by atoms with van der Waals surface area (Å²) >= 11 is 0. The third-order valence-electron chi connectivity index (χ3n) is 3.55. The Morgan fingerprint density at radius 1 is 1.16 bits per heavy atom. The van der Waals surface area contributed by atoms with Crippen molar-refractivity contribution in [2.45, 2.75) is 25.7 Å². The summed E-state index contributed by atoms with van der Waals surface area (Å²) in [5.74, 6) is 8.09. The van der Waals surface area contributed by atoms with Gasteiger partial charge in [-0.1, -0.05) is 5.92 Å². The third kappa shape index (κ3) is 3.68. The molecule has 3 rings (SSSR count). The van der Waals surface area contributed by atoms with Gasteiger partial charge in [-0.3, -0.25) is 0 Å². The van der Waals surface area contributed by atoms with E-state index in [9.17, 15) is 0 Å². The van der Waals surface area contributed by atoms with Crippen molar-refractivity contribution < 1.29 is 4.74 Å². The maximum absolute atomic E-state index is 5.83. The maximum atomic E-state index is 5.83. The van der Waals surface area contributed by atoms with Gasteiger partial charge < -0.3 is 10.1 Å². The Morgan fingerprint density at radius 2 is 1.95 bits per heavy atom. The van der Waals surface area contributed by atoms with E-state index in [0.717, 1.165) is 19.7 Å². The predicted molar refractivity (Wildman–Crippen MR) is 72.7 cm³/mol. The van der Waals surface area contributed by atoms with Gasteiger partial charge >= 0.3 is 0 Å². The Morgan fingerprint density at radius 3 is 2.74 bits per heavy atom. The van der Waals surface area contributed by atoms with Crippen molar-refractivity contribution in [3.05, 3.63) is 18.1 Å². The molecule has 2 fully saturated rings. The minimum atomic E-state index is 0.569. The van der Waals surface area contributed by atoms with Crippen molar-refractivity contribution in [2.24, 2.45) is 11.8 Å². The minimum Gasteiger partial charge on any atom is -0.475 e. The normalized spacial score (nSPS) is 19.6. The van der Waals surface area contributed by atoms with E-state index in [4.69, 9.17) is 4.74 Å². The number of nitrogens with zero attached hydrogens (tertiary/aromatic N) is 2. The minimum absolute atomic E-state index is 0.569. The largest absolute Gasteiger partial charge is 0.475 e. The lowest BCUT2D eigenvalue weighted by Crippen LogP contribution is -2.30. The lowest BCUT2D eigenvalue weighted by molar-refractivity contribution is 0.208. The molecule has 2 aliphatic rings. The molecule has 1 saturated carbocycles. The van der Waals surface area contributed by atoms with Crippen LogP contribution in [-0.2, 0) is 0 Å². The van der Waals surface area contributed by atoms with Crippen LogP contribution >= 0.6 is 0 Å². The zero-order valence-electron chi connectivity index (χ0n) is 11.1. The molecule has 1 N–H and O–H groups in total. The zero-order valence-corrected chi connectivity index (χ0v) is 11.1. The van der Waals surface area contributed by atoms with E-state index in [1.165, 1.54) is 25.7 Å². The fourth-order valence-corrected chi connectivity index (χ4v) is 2.16. The van der Waals surface area contributed by atoms with Crippen LogP contribution in [0.25, 0.3) is 0 Å². The van der Waals surface area contributed by atoms with E-state index in [2.05, 4.69) is 27.1 Å². The molecule has 4 nitrogen and oxygen atoms in total. The third-order valence-corrected chi connectivity index (χ3v) is 3.55. The number of hydrogen-bond acceptors (Lipinski definition) is 4. The van der Waals surface area contributed by atoms with Gasteiger partial charge in [-0.05, 0) is 50.6 Å². The Balaban J connectivity index is 1.61. The van der Waals surface area contributed by atoms with Gasteiger partial charge in [0.25, 0.3) is 0 Å². The van der Waals surface area contributed by atoms with Crippen LogP contribution in [0.5, 0.6) is 5.88 Å². The van der Waals surface area contributed by atoms with Crippen molar-refractivity contribution in [3.63, 3.8) is 0 Å². The average Bonchev–Trinajstić information content (AvgIpc) is 3.29. The molecule has 2 heterocycles. The molecule has 1 aliphatic heterocycles. The fourth-order valence-electron chi connectivity index (χ4n) is 2.16. The van der Waals surface area contributed by atoms with Crippen molar-refractivity contribution in [3.8, 4) is 17.7 Å². The summed E-state index contributed by atoms with van der Waals surface area (Å²) in [5.41, 5.74) is 0.684. The Labute approximate surface area is 114 Å². The average molecular weight is 257 g/mol. The van der Waals surface area contributed by atoms with E-state index >= 15 is 0 Å². The van der Waals surface area contributed by atoms with Crippen molar-refractivity contribution in [1.29, 1.82) is 0 Å². The number of rotatable bonds is 3. The molecule has 100 valence electrons. The summed E-state index contributed by atoms with van der Waals surface area (Å²) in [4.78, 5) is 8.53. The van der Waals surface area contributed by atoms with Gasteiger partial charge in [0.15, 0.2) is 5.69 Å². The molecule has 1 aliphatic carbocycles. The lowest BCUT2D eigenvalue weighted by atomic mass is 9.99. The molecule has 0 atom stereocenters. The van der Waals surface area contributed by atoms with E-state index in [-0.39, 0.29) is 0 Å². The predicted octanol–water partition coefficient (Wildman–Crippen LogP) is 1.62. The van der Waals surface area contributed by atoms with Gasteiger partial charge in [-0.2, -0.15) is 0 Å². The second-order valence-corrected chi connectivity index (χ2v) is 5.26. The standard InChI is InChI=1S/C15H19N3O/c1-2-12(1)3-4-14-15(18-10-9-17-14)19-11-13-5-7-16-8-6-13/h9-10,12-13,16H,1-2,5-8,11H2. The molecule has 0 aromatic carbocycles. The molecule has 0 bridgehead atoms. The molecule has 0 radical (unpaired) electrons. The van der Waals surface area contributed by atoms with Crippen molar-refractivity contribution >= 4 is 0 Å². The van der Waals surface area contributed by atoms with E-state index < -0.39 is 0 Å². The maximum Gasteiger partial charge on any atom is 0.248 e. The van der Waals surface area contributed by atoms with Gasteiger partial charge in [0.1, 0.15) is 0 Å². The Kier molecular flexibility index (Phi) is 3.95. The van der Waals surface area contributed by atoms with Crippen LogP contribution in [0.4, 0.5) is 0 Å². The van der Waals surface area contributed by atoms with Gasteiger partial charge in [0, 0.05) is 18.3 Å². The molecule has 1 saturated heterocycles. The smallest absolute Gasteiger partial charge is 0.248 e. The first-order valence-electron chi connectivity index (χ1n) is 7.08. The molecule has 0 amide bonds. The van der Waals surface area contributed by atoms with Crippen molar-refractivity contribution in [2.75, 3.05) is 19.7 Å². The number of hydrogen-bond donors (Lipinski definition) is 1. The number of nitrogens with one attached hydrogen (secondary N) is 1. The van der Waals surface area contributed by atoms with Crippen molar-refractivity contribution in [1.82, 2.24) is 15.3 Å². The first kappa shape index (κ1) is 12.4. The highest BCUT2D eigenvalue weighted by molar-refractivity contribution is 5.36. The Bertz CT molecular complexity index is 482. The first-order chi connectivity index (χ1) is 9.42. The van der Waals surface area contributed by atoms with Crippen LogP contribution in [0, 0.1) is 23.7 Å². The molecule has 0 unspecified atom stereocenters. The van der Waals surface area contributed by atoms with Gasteiger partial charge in [-0.15, -0.1) is 0 Å². The highest BCUT2D eigenvalue weighted by Crippen LogP contribution is 2.27. The lowest BCUT2D eigenvalue weighted by Gasteiger charge is -2.22. The molecular weight excluding hydrogens is 238 g/mol. The topological polar surface area (TPSA) is 47.0 Å². The van der Waals surface area contributed by atoms with E-state index in [1.54, 1.807) is 12.4 Å². The highest BCUT2D eigenvalue weighted by Gasteiger charge is 2.18. The Hall–Kier alpha value is -1.60. The molecule has 0 spiro atoms. The highest BCUT2D eigenvalue weighted by atomic mass is 16.5. The summed E-state index contributed by atoms with van der Waals surface area (Å²) < 4.78 is 5.83. The molecular formula is C15H19N3O. The number of piperidine rings is 1. The van der Waals surface area contributed by atoms with Gasteiger partial charge in [-0.25, -0.2) is 9.97 Å². The van der Waals surface area contributed by atoms with E-state index in [0.29, 0.717) is 23.4 Å². The second-order valence-electron chi connectivity index (χ2n) is 5.26.